The molecule has 2 aromatic heterocycles. The lowest BCUT2D eigenvalue weighted by Gasteiger charge is -2.16. The van der Waals surface area contributed by atoms with Gasteiger partial charge in [-0.2, -0.15) is 18.3 Å². The van der Waals surface area contributed by atoms with Crippen molar-refractivity contribution in [1.82, 2.24) is 30.0 Å². The smallest absolute Gasteiger partial charge is 0.340 e. The molecule has 0 amide bonds. The number of halogens is 3. The minimum Gasteiger partial charge on any atom is -0.340 e. The van der Waals surface area contributed by atoms with Gasteiger partial charge in [0.05, 0.1) is 12.7 Å². The van der Waals surface area contributed by atoms with E-state index in [0.29, 0.717) is 17.6 Å². The van der Waals surface area contributed by atoms with E-state index in [4.69, 9.17) is 0 Å². The first kappa shape index (κ1) is 13.8. The van der Waals surface area contributed by atoms with Crippen molar-refractivity contribution in [3.8, 4) is 0 Å². The maximum atomic E-state index is 12.3. The number of nitrogens with zero attached hydrogens (tertiary/aromatic N) is 7. The highest BCUT2D eigenvalue weighted by molar-refractivity contribution is 5.31. The molecule has 7 nitrogen and oxygen atoms in total. The summed E-state index contributed by atoms with van der Waals surface area (Å²) in [5, 5.41) is 15.2. The lowest BCUT2D eigenvalue weighted by atomic mass is 10.3. The summed E-state index contributed by atoms with van der Waals surface area (Å²) in [4.78, 5) is 1.99. The predicted molar refractivity (Wildman–Crippen MR) is 66.6 cm³/mol. The second-order valence-corrected chi connectivity index (χ2v) is 5.14. The highest BCUT2D eigenvalue weighted by Crippen LogP contribution is 2.28. The molecule has 0 atom stereocenters. The summed E-state index contributed by atoms with van der Waals surface area (Å²) in [5.74, 6) is 0.612. The third-order valence-corrected chi connectivity index (χ3v) is 3.28. The molecule has 2 aromatic rings. The molecule has 0 radical (unpaired) electrons. The van der Waals surface area contributed by atoms with E-state index in [2.05, 4.69) is 20.6 Å². The highest BCUT2D eigenvalue weighted by Gasteiger charge is 2.30. The number of tetrazole rings is 1. The zero-order chi connectivity index (χ0) is 15.0. The Kier molecular flexibility index (Phi) is 3.30. The molecule has 10 heteroatoms. The average molecular weight is 301 g/mol. The third-order valence-electron chi connectivity index (χ3n) is 3.28. The van der Waals surface area contributed by atoms with Gasteiger partial charge in [-0.1, -0.05) is 5.10 Å². The second-order valence-electron chi connectivity index (χ2n) is 5.14. The Morgan fingerprint density at radius 2 is 2.14 bits per heavy atom. The topological polar surface area (TPSA) is 64.7 Å². The zero-order valence-corrected chi connectivity index (χ0v) is 11.3. The van der Waals surface area contributed by atoms with Gasteiger partial charge >= 0.3 is 6.18 Å². The van der Waals surface area contributed by atoms with Crippen LogP contribution in [0.5, 0.6) is 0 Å². The molecule has 21 heavy (non-hydrogen) atoms. The third kappa shape index (κ3) is 3.31. The van der Waals surface area contributed by atoms with Gasteiger partial charge in [0.25, 0.3) is 0 Å². The lowest BCUT2D eigenvalue weighted by Crippen LogP contribution is -2.24. The molecule has 2 heterocycles. The van der Waals surface area contributed by atoms with Crippen LogP contribution in [0.1, 0.15) is 18.4 Å². The Morgan fingerprint density at radius 1 is 1.38 bits per heavy atom. The van der Waals surface area contributed by atoms with Crippen LogP contribution in [0.4, 0.5) is 19.1 Å². The van der Waals surface area contributed by atoms with E-state index in [-0.39, 0.29) is 6.54 Å². The molecule has 1 fully saturated rings. The number of aromatic nitrogens is 6. The van der Waals surface area contributed by atoms with Crippen molar-refractivity contribution >= 4 is 5.95 Å². The summed E-state index contributed by atoms with van der Waals surface area (Å²) in [6, 6.07) is 0.447. The van der Waals surface area contributed by atoms with Crippen LogP contribution < -0.4 is 4.90 Å². The van der Waals surface area contributed by atoms with E-state index in [1.165, 1.54) is 12.4 Å². The first-order chi connectivity index (χ1) is 9.92. The molecule has 0 aromatic carbocycles. The lowest BCUT2D eigenvalue weighted by molar-refractivity contribution is -0.142. The minimum atomic E-state index is -4.28. The molecule has 0 saturated heterocycles. The van der Waals surface area contributed by atoms with Crippen LogP contribution in [0.25, 0.3) is 0 Å². The van der Waals surface area contributed by atoms with Gasteiger partial charge in [0.15, 0.2) is 0 Å². The van der Waals surface area contributed by atoms with Crippen LogP contribution in [0.15, 0.2) is 12.4 Å². The van der Waals surface area contributed by atoms with E-state index >= 15 is 0 Å². The average Bonchev–Trinajstić information content (AvgIpc) is 3.00. The summed E-state index contributed by atoms with van der Waals surface area (Å²) in [5.41, 5.74) is 0.622. The Balaban J connectivity index is 1.71. The molecule has 1 aliphatic rings. The Hall–Kier alpha value is -2.13. The largest absolute Gasteiger partial charge is 0.408 e. The summed E-state index contributed by atoms with van der Waals surface area (Å²) >= 11 is 0. The molecule has 1 saturated carbocycles. The van der Waals surface area contributed by atoms with E-state index in [1.807, 2.05) is 11.9 Å². The molecular weight excluding hydrogens is 287 g/mol. The van der Waals surface area contributed by atoms with E-state index < -0.39 is 12.7 Å². The van der Waals surface area contributed by atoms with Gasteiger partial charge in [0, 0.05) is 24.8 Å². The van der Waals surface area contributed by atoms with Crippen LogP contribution in [0, 0.1) is 0 Å². The van der Waals surface area contributed by atoms with Gasteiger partial charge in [0.2, 0.25) is 5.95 Å². The fourth-order valence-corrected chi connectivity index (χ4v) is 2.11. The van der Waals surface area contributed by atoms with Gasteiger partial charge in [-0.3, -0.25) is 4.68 Å². The van der Waals surface area contributed by atoms with Gasteiger partial charge in [-0.05, 0) is 23.3 Å². The molecule has 0 spiro atoms. The molecule has 0 aliphatic heterocycles. The van der Waals surface area contributed by atoms with Gasteiger partial charge in [0.1, 0.15) is 6.54 Å². The predicted octanol–water partition coefficient (Wildman–Crippen LogP) is 1.08. The first-order valence-corrected chi connectivity index (χ1v) is 6.49. The Bertz CT molecular complexity index is 613. The van der Waals surface area contributed by atoms with Crippen molar-refractivity contribution in [3.63, 3.8) is 0 Å². The SMILES string of the molecule is CN(c1nnnn1Cc1cnn(CC(F)(F)F)c1)C1CC1. The molecule has 0 bridgehead atoms. The molecular formula is C11H14F3N7. The van der Waals surface area contributed by atoms with Crippen molar-refractivity contribution in [2.24, 2.45) is 0 Å². The number of anilines is 1. The standard InChI is InChI=1S/C11H14F3N7/c1-19(9-2-3-9)10-16-17-18-21(10)6-8-4-15-20(5-8)7-11(12,13)14/h4-5,9H,2-3,6-7H2,1H3. The summed E-state index contributed by atoms with van der Waals surface area (Å²) in [7, 11) is 1.91. The second kappa shape index (κ2) is 5.01. The fraction of sp³-hybridized carbons (Fsp3) is 0.636. The van der Waals surface area contributed by atoms with Crippen molar-refractivity contribution in [1.29, 1.82) is 0 Å². The first-order valence-electron chi connectivity index (χ1n) is 6.49. The zero-order valence-electron chi connectivity index (χ0n) is 11.3. The monoisotopic (exact) mass is 301 g/mol. The summed E-state index contributed by atoms with van der Waals surface area (Å²) in [6.07, 6.45) is 0.680. The number of rotatable bonds is 5. The van der Waals surface area contributed by atoms with Gasteiger partial charge in [-0.25, -0.2) is 4.68 Å². The maximum Gasteiger partial charge on any atom is 0.408 e. The number of alkyl halides is 3. The van der Waals surface area contributed by atoms with Gasteiger partial charge in [-0.15, -0.1) is 0 Å². The van der Waals surface area contributed by atoms with Crippen LogP contribution >= 0.6 is 0 Å². The Labute approximate surface area is 118 Å². The quantitative estimate of drug-likeness (QED) is 0.827. The maximum absolute atomic E-state index is 12.3. The normalized spacial score (nSPS) is 15.4. The van der Waals surface area contributed by atoms with E-state index in [0.717, 1.165) is 17.5 Å². The number of hydrogen-bond donors (Lipinski definition) is 0. The van der Waals surface area contributed by atoms with Gasteiger partial charge < -0.3 is 4.90 Å². The van der Waals surface area contributed by atoms with Crippen molar-refractivity contribution in [3.05, 3.63) is 18.0 Å². The summed E-state index contributed by atoms with van der Waals surface area (Å²) in [6.45, 7) is -0.811. The molecule has 114 valence electrons. The van der Waals surface area contributed by atoms with Crippen molar-refractivity contribution in [2.45, 2.75) is 38.1 Å². The van der Waals surface area contributed by atoms with Crippen LogP contribution in [0.3, 0.4) is 0 Å². The molecule has 3 rings (SSSR count). The molecule has 0 N–H and O–H groups in total. The van der Waals surface area contributed by atoms with Crippen LogP contribution in [-0.4, -0.2) is 49.3 Å². The minimum absolute atomic E-state index is 0.289. The van der Waals surface area contributed by atoms with E-state index in [1.54, 1.807) is 4.68 Å². The summed E-state index contributed by atoms with van der Waals surface area (Å²) < 4.78 is 39.3. The fourth-order valence-electron chi connectivity index (χ4n) is 2.11. The van der Waals surface area contributed by atoms with Crippen LogP contribution in [-0.2, 0) is 13.1 Å². The highest BCUT2D eigenvalue weighted by atomic mass is 19.4. The van der Waals surface area contributed by atoms with Crippen molar-refractivity contribution in [2.75, 3.05) is 11.9 Å². The van der Waals surface area contributed by atoms with Crippen molar-refractivity contribution < 1.29 is 13.2 Å². The molecule has 0 unspecified atom stereocenters. The number of hydrogen-bond acceptors (Lipinski definition) is 5. The Morgan fingerprint density at radius 3 is 2.81 bits per heavy atom. The molecule has 1 aliphatic carbocycles. The van der Waals surface area contributed by atoms with Crippen LogP contribution in [0.2, 0.25) is 0 Å². The van der Waals surface area contributed by atoms with E-state index in [9.17, 15) is 13.2 Å².